The number of ether oxygens (including phenoxy) is 1. The summed E-state index contributed by atoms with van der Waals surface area (Å²) in [5.41, 5.74) is 0.232. The first-order valence-corrected chi connectivity index (χ1v) is 7.52. The Labute approximate surface area is 116 Å². The summed E-state index contributed by atoms with van der Waals surface area (Å²) in [6.07, 6.45) is 2.45. The molecule has 0 fully saturated rings. The molecule has 0 unspecified atom stereocenters. The van der Waals surface area contributed by atoms with Gasteiger partial charge in [0.2, 0.25) is 0 Å². The van der Waals surface area contributed by atoms with Crippen molar-refractivity contribution in [2.75, 3.05) is 19.4 Å². The van der Waals surface area contributed by atoms with Crippen molar-refractivity contribution in [1.29, 1.82) is 0 Å². The SMILES string of the molecule is COc1ccccc1SCCCCNC(C)(C)C. The highest BCUT2D eigenvalue weighted by Gasteiger charge is 2.07. The lowest BCUT2D eigenvalue weighted by Crippen LogP contribution is -2.36. The monoisotopic (exact) mass is 267 g/mol. The molecule has 0 atom stereocenters. The van der Waals surface area contributed by atoms with Crippen molar-refractivity contribution in [3.63, 3.8) is 0 Å². The minimum Gasteiger partial charge on any atom is -0.496 e. The fourth-order valence-electron chi connectivity index (χ4n) is 1.61. The average Bonchev–Trinajstić information content (AvgIpc) is 2.32. The molecule has 0 saturated heterocycles. The first-order chi connectivity index (χ1) is 8.53. The first-order valence-electron chi connectivity index (χ1n) is 6.54. The van der Waals surface area contributed by atoms with E-state index in [9.17, 15) is 0 Å². The molecule has 1 aromatic carbocycles. The van der Waals surface area contributed by atoms with E-state index in [2.05, 4.69) is 38.2 Å². The van der Waals surface area contributed by atoms with Gasteiger partial charge in [0.15, 0.2) is 0 Å². The predicted molar refractivity (Wildman–Crippen MR) is 80.7 cm³/mol. The highest BCUT2D eigenvalue weighted by molar-refractivity contribution is 7.99. The topological polar surface area (TPSA) is 21.3 Å². The second-order valence-electron chi connectivity index (χ2n) is 5.38. The molecule has 0 radical (unpaired) electrons. The summed E-state index contributed by atoms with van der Waals surface area (Å²) < 4.78 is 5.34. The van der Waals surface area contributed by atoms with Crippen LogP contribution < -0.4 is 10.1 Å². The fourth-order valence-corrected chi connectivity index (χ4v) is 2.65. The number of unbranched alkanes of at least 4 members (excludes halogenated alkanes) is 1. The van der Waals surface area contributed by atoms with Crippen LogP contribution in [0.4, 0.5) is 0 Å². The fraction of sp³-hybridized carbons (Fsp3) is 0.600. The van der Waals surface area contributed by atoms with Gasteiger partial charge in [0, 0.05) is 10.4 Å². The maximum Gasteiger partial charge on any atom is 0.132 e. The van der Waals surface area contributed by atoms with Crippen molar-refractivity contribution in [1.82, 2.24) is 5.32 Å². The first kappa shape index (κ1) is 15.4. The maximum absolute atomic E-state index is 5.34. The summed E-state index contributed by atoms with van der Waals surface area (Å²) in [4.78, 5) is 1.24. The number of methoxy groups -OCH3 is 1. The van der Waals surface area contributed by atoms with Gasteiger partial charge in [0.25, 0.3) is 0 Å². The molecule has 0 saturated carbocycles. The molecule has 0 aromatic heterocycles. The van der Waals surface area contributed by atoms with Crippen molar-refractivity contribution in [2.45, 2.75) is 44.0 Å². The summed E-state index contributed by atoms with van der Waals surface area (Å²) in [5.74, 6) is 2.13. The normalized spacial score (nSPS) is 11.6. The van der Waals surface area contributed by atoms with E-state index in [4.69, 9.17) is 4.74 Å². The highest BCUT2D eigenvalue weighted by atomic mass is 32.2. The van der Waals surface area contributed by atoms with E-state index in [0.717, 1.165) is 18.0 Å². The summed E-state index contributed by atoms with van der Waals surface area (Å²) in [6, 6.07) is 8.21. The molecular formula is C15H25NOS. The number of hydrogen-bond acceptors (Lipinski definition) is 3. The zero-order chi connectivity index (χ0) is 13.4. The van der Waals surface area contributed by atoms with Crippen LogP contribution in [0.5, 0.6) is 5.75 Å². The van der Waals surface area contributed by atoms with Crippen LogP contribution >= 0.6 is 11.8 Å². The molecule has 0 amide bonds. The van der Waals surface area contributed by atoms with Crippen molar-refractivity contribution in [3.05, 3.63) is 24.3 Å². The van der Waals surface area contributed by atoms with E-state index < -0.39 is 0 Å². The van der Waals surface area contributed by atoms with Crippen LogP contribution in [0.1, 0.15) is 33.6 Å². The van der Waals surface area contributed by atoms with E-state index in [1.54, 1.807) is 7.11 Å². The number of thioether (sulfide) groups is 1. The molecule has 1 N–H and O–H groups in total. The summed E-state index contributed by atoms with van der Waals surface area (Å²) in [5, 5.41) is 3.51. The van der Waals surface area contributed by atoms with E-state index in [-0.39, 0.29) is 5.54 Å². The van der Waals surface area contributed by atoms with Gasteiger partial charge in [-0.05, 0) is 58.0 Å². The molecule has 1 rings (SSSR count). The average molecular weight is 267 g/mol. The smallest absolute Gasteiger partial charge is 0.132 e. The van der Waals surface area contributed by atoms with Crippen LogP contribution in [0.2, 0.25) is 0 Å². The minimum atomic E-state index is 0.232. The quantitative estimate of drug-likeness (QED) is 0.597. The lowest BCUT2D eigenvalue weighted by Gasteiger charge is -2.20. The second-order valence-corrected chi connectivity index (χ2v) is 6.52. The standard InChI is InChI=1S/C15H25NOS/c1-15(2,3)16-11-7-8-12-18-14-10-6-5-9-13(14)17-4/h5-6,9-10,16H,7-8,11-12H2,1-4H3. The number of hydrogen-bond donors (Lipinski definition) is 1. The zero-order valence-corrected chi connectivity index (χ0v) is 12.8. The lowest BCUT2D eigenvalue weighted by molar-refractivity contribution is 0.405. The van der Waals surface area contributed by atoms with Gasteiger partial charge in [-0.25, -0.2) is 0 Å². The molecule has 0 aliphatic rings. The van der Waals surface area contributed by atoms with Gasteiger partial charge in [0.1, 0.15) is 5.75 Å². The van der Waals surface area contributed by atoms with Crippen LogP contribution in [0.3, 0.4) is 0 Å². The molecule has 2 nitrogen and oxygen atoms in total. The van der Waals surface area contributed by atoms with Gasteiger partial charge < -0.3 is 10.1 Å². The third kappa shape index (κ3) is 6.31. The van der Waals surface area contributed by atoms with Crippen molar-refractivity contribution in [3.8, 4) is 5.75 Å². The molecule has 0 aliphatic heterocycles. The van der Waals surface area contributed by atoms with Gasteiger partial charge >= 0.3 is 0 Å². The molecular weight excluding hydrogens is 242 g/mol. The molecule has 1 aromatic rings. The number of benzene rings is 1. The third-order valence-electron chi connectivity index (χ3n) is 2.55. The van der Waals surface area contributed by atoms with Crippen molar-refractivity contribution < 1.29 is 4.74 Å². The largest absolute Gasteiger partial charge is 0.496 e. The van der Waals surface area contributed by atoms with Gasteiger partial charge in [-0.1, -0.05) is 12.1 Å². The Kier molecular flexibility index (Phi) is 6.58. The molecule has 0 spiro atoms. The third-order valence-corrected chi connectivity index (χ3v) is 3.69. The number of para-hydroxylation sites is 1. The van der Waals surface area contributed by atoms with Gasteiger partial charge in [-0.2, -0.15) is 0 Å². The van der Waals surface area contributed by atoms with Crippen LogP contribution in [0.25, 0.3) is 0 Å². The van der Waals surface area contributed by atoms with Crippen LogP contribution in [-0.4, -0.2) is 24.9 Å². The Bertz CT molecular complexity index is 347. The molecule has 0 bridgehead atoms. The summed E-state index contributed by atoms with van der Waals surface area (Å²) >= 11 is 1.88. The van der Waals surface area contributed by atoms with E-state index >= 15 is 0 Å². The van der Waals surface area contributed by atoms with E-state index in [1.165, 1.54) is 17.7 Å². The van der Waals surface area contributed by atoms with Crippen molar-refractivity contribution >= 4 is 11.8 Å². The van der Waals surface area contributed by atoms with Crippen LogP contribution in [-0.2, 0) is 0 Å². The van der Waals surface area contributed by atoms with E-state index in [0.29, 0.717) is 0 Å². The Morgan fingerprint density at radius 1 is 1.17 bits per heavy atom. The number of nitrogens with one attached hydrogen (secondary N) is 1. The van der Waals surface area contributed by atoms with Crippen molar-refractivity contribution in [2.24, 2.45) is 0 Å². The van der Waals surface area contributed by atoms with Gasteiger partial charge in [-0.3, -0.25) is 0 Å². The van der Waals surface area contributed by atoms with Crippen LogP contribution in [0, 0.1) is 0 Å². The molecule has 3 heteroatoms. The summed E-state index contributed by atoms with van der Waals surface area (Å²) in [7, 11) is 1.73. The Morgan fingerprint density at radius 2 is 1.89 bits per heavy atom. The summed E-state index contributed by atoms with van der Waals surface area (Å²) in [6.45, 7) is 7.71. The molecule has 102 valence electrons. The minimum absolute atomic E-state index is 0.232. The second kappa shape index (κ2) is 7.70. The maximum atomic E-state index is 5.34. The molecule has 0 heterocycles. The van der Waals surface area contributed by atoms with E-state index in [1.807, 2.05) is 23.9 Å². The highest BCUT2D eigenvalue weighted by Crippen LogP contribution is 2.29. The number of rotatable bonds is 7. The van der Waals surface area contributed by atoms with Gasteiger partial charge in [0.05, 0.1) is 7.11 Å². The Balaban J connectivity index is 2.18. The van der Waals surface area contributed by atoms with Gasteiger partial charge in [-0.15, -0.1) is 11.8 Å². The lowest BCUT2D eigenvalue weighted by atomic mass is 10.1. The van der Waals surface area contributed by atoms with Crippen LogP contribution in [0.15, 0.2) is 29.2 Å². The predicted octanol–water partition coefficient (Wildman–Crippen LogP) is 3.96. The zero-order valence-electron chi connectivity index (χ0n) is 12.0. The molecule has 18 heavy (non-hydrogen) atoms. The molecule has 0 aliphatic carbocycles. The Morgan fingerprint density at radius 3 is 2.56 bits per heavy atom. The Hall–Kier alpha value is -0.670.